The van der Waals surface area contributed by atoms with Gasteiger partial charge in [0.15, 0.2) is 0 Å². The zero-order valence-corrected chi connectivity index (χ0v) is 10.3. The highest BCUT2D eigenvalue weighted by molar-refractivity contribution is 7.13. The number of hydrogen-bond donors (Lipinski definition) is 1. The van der Waals surface area contributed by atoms with E-state index in [0.29, 0.717) is 6.42 Å². The van der Waals surface area contributed by atoms with Crippen molar-refractivity contribution < 1.29 is 9.90 Å². The van der Waals surface area contributed by atoms with Crippen molar-refractivity contribution in [3.8, 4) is 10.6 Å². The summed E-state index contributed by atoms with van der Waals surface area (Å²) < 4.78 is 0. The van der Waals surface area contributed by atoms with Gasteiger partial charge in [-0.15, -0.1) is 11.3 Å². The molecule has 0 aliphatic rings. The van der Waals surface area contributed by atoms with Crippen molar-refractivity contribution in [2.24, 2.45) is 5.92 Å². The maximum absolute atomic E-state index is 10.7. The summed E-state index contributed by atoms with van der Waals surface area (Å²) in [5.74, 6) is -1.14. The lowest BCUT2D eigenvalue weighted by atomic mass is 10.0. The number of aromatic nitrogens is 1. The first-order valence-electron chi connectivity index (χ1n) is 5.38. The fraction of sp³-hybridized carbons (Fsp3) is 0.231. The Morgan fingerprint density at radius 2 is 2.29 bits per heavy atom. The third-order valence-corrected chi connectivity index (χ3v) is 3.45. The van der Waals surface area contributed by atoms with Gasteiger partial charge < -0.3 is 5.11 Å². The van der Waals surface area contributed by atoms with E-state index in [1.165, 1.54) is 0 Å². The minimum atomic E-state index is -0.771. The Morgan fingerprint density at radius 3 is 2.82 bits per heavy atom. The van der Waals surface area contributed by atoms with Crippen molar-refractivity contribution in [1.82, 2.24) is 4.98 Å². The van der Waals surface area contributed by atoms with Crippen LogP contribution in [0.5, 0.6) is 0 Å². The molecule has 4 heteroatoms. The summed E-state index contributed by atoms with van der Waals surface area (Å²) in [4.78, 5) is 16.2. The number of carboxylic acid groups (broad SMARTS) is 1. The number of pyridine rings is 1. The molecule has 0 spiro atoms. The predicted octanol–water partition coefficient (Wildman–Crippen LogP) is 3.07. The lowest BCUT2D eigenvalue weighted by Gasteiger charge is -2.06. The molecule has 2 aromatic heterocycles. The van der Waals surface area contributed by atoms with Gasteiger partial charge in [-0.25, -0.2) is 0 Å². The molecule has 2 heterocycles. The third-order valence-electron chi connectivity index (χ3n) is 2.56. The van der Waals surface area contributed by atoms with E-state index < -0.39 is 5.97 Å². The van der Waals surface area contributed by atoms with Gasteiger partial charge in [0.25, 0.3) is 0 Å². The van der Waals surface area contributed by atoms with Crippen molar-refractivity contribution in [2.45, 2.75) is 13.3 Å². The zero-order chi connectivity index (χ0) is 12.3. The zero-order valence-electron chi connectivity index (χ0n) is 9.46. The van der Waals surface area contributed by atoms with Crippen molar-refractivity contribution in [1.29, 1.82) is 0 Å². The Bertz CT molecular complexity index is 491. The second-order valence-electron chi connectivity index (χ2n) is 3.97. The molecule has 0 aliphatic carbocycles. The monoisotopic (exact) mass is 247 g/mol. The van der Waals surface area contributed by atoms with Crippen LogP contribution in [0.2, 0.25) is 0 Å². The summed E-state index contributed by atoms with van der Waals surface area (Å²) in [5.41, 5.74) is 1.90. The highest BCUT2D eigenvalue weighted by Crippen LogP contribution is 2.22. The van der Waals surface area contributed by atoms with E-state index >= 15 is 0 Å². The van der Waals surface area contributed by atoms with Gasteiger partial charge in [0.2, 0.25) is 0 Å². The van der Waals surface area contributed by atoms with Crippen LogP contribution in [0.15, 0.2) is 35.8 Å². The van der Waals surface area contributed by atoms with Crippen LogP contribution in [0, 0.1) is 5.92 Å². The van der Waals surface area contributed by atoms with E-state index in [2.05, 4.69) is 4.98 Å². The number of carboxylic acids is 1. The number of thiophene rings is 1. The molecule has 3 nitrogen and oxygen atoms in total. The second kappa shape index (κ2) is 5.10. The van der Waals surface area contributed by atoms with Crippen LogP contribution < -0.4 is 0 Å². The van der Waals surface area contributed by atoms with E-state index in [0.717, 1.165) is 16.1 Å². The Labute approximate surface area is 104 Å². The lowest BCUT2D eigenvalue weighted by Crippen LogP contribution is -2.12. The molecule has 2 aromatic rings. The largest absolute Gasteiger partial charge is 0.481 e. The van der Waals surface area contributed by atoms with Crippen LogP contribution in [-0.2, 0) is 11.2 Å². The van der Waals surface area contributed by atoms with Gasteiger partial charge in [0, 0.05) is 6.20 Å². The van der Waals surface area contributed by atoms with Crippen LogP contribution >= 0.6 is 11.3 Å². The molecule has 88 valence electrons. The average molecular weight is 247 g/mol. The lowest BCUT2D eigenvalue weighted by molar-refractivity contribution is -0.141. The summed E-state index contributed by atoms with van der Waals surface area (Å²) in [7, 11) is 0. The van der Waals surface area contributed by atoms with Crippen LogP contribution in [0.4, 0.5) is 0 Å². The molecule has 1 unspecified atom stereocenters. The number of aliphatic carboxylic acids is 1. The van der Waals surface area contributed by atoms with Gasteiger partial charge in [-0.3, -0.25) is 9.78 Å². The van der Waals surface area contributed by atoms with Crippen molar-refractivity contribution in [2.75, 3.05) is 0 Å². The number of nitrogens with zero attached hydrogens (tertiary/aromatic N) is 1. The topological polar surface area (TPSA) is 50.2 Å². The Balaban J connectivity index is 2.11. The molecule has 17 heavy (non-hydrogen) atoms. The molecule has 2 rings (SSSR count). The highest BCUT2D eigenvalue weighted by Gasteiger charge is 2.11. The molecule has 0 bridgehead atoms. The number of rotatable bonds is 4. The molecule has 0 aliphatic heterocycles. The van der Waals surface area contributed by atoms with Crippen LogP contribution in [0.3, 0.4) is 0 Å². The number of carbonyl (C=O) groups is 1. The summed E-state index contributed by atoms with van der Waals surface area (Å²) in [5, 5.41) is 10.8. The quantitative estimate of drug-likeness (QED) is 0.903. The Morgan fingerprint density at radius 1 is 1.47 bits per heavy atom. The minimum absolute atomic E-state index is 0.371. The van der Waals surface area contributed by atoms with Crippen LogP contribution in [0.1, 0.15) is 12.5 Å². The molecular weight excluding hydrogens is 234 g/mol. The molecule has 0 saturated carbocycles. The van der Waals surface area contributed by atoms with Gasteiger partial charge in [0.05, 0.1) is 16.5 Å². The first-order valence-corrected chi connectivity index (χ1v) is 6.26. The molecule has 0 fully saturated rings. The highest BCUT2D eigenvalue weighted by atomic mass is 32.1. The molecular formula is C13H13NO2S. The van der Waals surface area contributed by atoms with Crippen molar-refractivity contribution >= 4 is 17.3 Å². The summed E-state index contributed by atoms with van der Waals surface area (Å²) >= 11 is 1.64. The van der Waals surface area contributed by atoms with Crippen molar-refractivity contribution in [3.05, 3.63) is 41.4 Å². The Hall–Kier alpha value is -1.68. The molecule has 0 saturated heterocycles. The van der Waals surface area contributed by atoms with Crippen molar-refractivity contribution in [3.63, 3.8) is 0 Å². The van der Waals surface area contributed by atoms with Gasteiger partial charge >= 0.3 is 5.97 Å². The number of hydrogen-bond acceptors (Lipinski definition) is 3. The van der Waals surface area contributed by atoms with Crippen LogP contribution in [0.25, 0.3) is 10.6 Å². The van der Waals surface area contributed by atoms with Gasteiger partial charge in [-0.1, -0.05) is 19.1 Å². The third kappa shape index (κ3) is 2.91. The molecule has 1 atom stereocenters. The first kappa shape index (κ1) is 11.8. The molecule has 0 amide bonds. The fourth-order valence-corrected chi connectivity index (χ4v) is 2.26. The van der Waals surface area contributed by atoms with Crippen LogP contribution in [-0.4, -0.2) is 16.1 Å². The second-order valence-corrected chi connectivity index (χ2v) is 4.92. The molecule has 1 N–H and O–H groups in total. The first-order chi connectivity index (χ1) is 8.16. The SMILES string of the molecule is CC(Cc1ccc(-c2cccs2)nc1)C(=O)O. The summed E-state index contributed by atoms with van der Waals surface area (Å²) in [6, 6.07) is 7.89. The van der Waals surface area contributed by atoms with E-state index in [9.17, 15) is 4.79 Å². The fourth-order valence-electron chi connectivity index (χ4n) is 1.56. The predicted molar refractivity (Wildman–Crippen MR) is 68.1 cm³/mol. The minimum Gasteiger partial charge on any atom is -0.481 e. The normalized spacial score (nSPS) is 12.3. The maximum atomic E-state index is 10.7. The standard InChI is InChI=1S/C13H13NO2S/c1-9(13(15)16)7-10-4-5-11(14-8-10)12-3-2-6-17-12/h2-6,8-9H,7H2,1H3,(H,15,16). The Kier molecular flexibility index (Phi) is 3.54. The van der Waals surface area contributed by atoms with E-state index in [1.54, 1.807) is 24.5 Å². The van der Waals surface area contributed by atoms with Gasteiger partial charge in [0.1, 0.15) is 0 Å². The summed E-state index contributed by atoms with van der Waals surface area (Å²) in [6.45, 7) is 1.70. The van der Waals surface area contributed by atoms with E-state index in [1.807, 2.05) is 29.6 Å². The average Bonchev–Trinajstić information content (AvgIpc) is 2.83. The summed E-state index contributed by atoms with van der Waals surface area (Å²) in [6.07, 6.45) is 2.28. The van der Waals surface area contributed by atoms with E-state index in [4.69, 9.17) is 5.11 Å². The smallest absolute Gasteiger partial charge is 0.306 e. The van der Waals surface area contributed by atoms with Gasteiger partial charge in [-0.2, -0.15) is 0 Å². The van der Waals surface area contributed by atoms with E-state index in [-0.39, 0.29) is 5.92 Å². The maximum Gasteiger partial charge on any atom is 0.306 e. The molecule has 0 aromatic carbocycles. The van der Waals surface area contributed by atoms with Gasteiger partial charge in [-0.05, 0) is 29.5 Å². The molecule has 0 radical (unpaired) electrons.